The van der Waals surface area contributed by atoms with Gasteiger partial charge in [-0.05, 0) is 61.1 Å². The van der Waals surface area contributed by atoms with Crippen LogP contribution in [-0.2, 0) is 6.54 Å². The molecule has 2 aromatic carbocycles. The second-order valence-electron chi connectivity index (χ2n) is 9.50. The monoisotopic (exact) mass is 509 g/mol. The van der Waals surface area contributed by atoms with Crippen molar-refractivity contribution in [3.8, 4) is 28.3 Å². The minimum absolute atomic E-state index is 0.431. The number of halogens is 1. The highest BCUT2D eigenvalue weighted by molar-refractivity contribution is 6.30. The first-order chi connectivity index (χ1) is 18.0. The van der Waals surface area contributed by atoms with Crippen molar-refractivity contribution in [1.82, 2.24) is 29.3 Å². The maximum Gasteiger partial charge on any atom is 0.165 e. The van der Waals surface area contributed by atoms with Gasteiger partial charge >= 0.3 is 0 Å². The Morgan fingerprint density at radius 2 is 1.70 bits per heavy atom. The number of nitrogens with zero attached hydrogens (tertiary/aromatic N) is 6. The summed E-state index contributed by atoms with van der Waals surface area (Å²) in [6.07, 6.45) is 1.69. The van der Waals surface area contributed by atoms with E-state index in [2.05, 4.69) is 50.7 Å². The number of hydrogen-bond donors (Lipinski definition) is 1. The summed E-state index contributed by atoms with van der Waals surface area (Å²) in [6, 6.07) is 24.2. The molecule has 0 aliphatic carbocycles. The Hall–Kier alpha value is -3.78. The predicted molar refractivity (Wildman–Crippen MR) is 150 cm³/mol. The van der Waals surface area contributed by atoms with Gasteiger partial charge in [-0.2, -0.15) is 0 Å². The van der Waals surface area contributed by atoms with Crippen LogP contribution in [0.25, 0.3) is 39.5 Å². The van der Waals surface area contributed by atoms with E-state index in [1.165, 1.54) is 5.56 Å². The average Bonchev–Trinajstić information content (AvgIpc) is 3.29. The minimum atomic E-state index is 0.431. The molecule has 5 aromatic rings. The van der Waals surface area contributed by atoms with Crippen molar-refractivity contribution >= 4 is 28.6 Å². The highest BCUT2D eigenvalue weighted by atomic mass is 35.5. The summed E-state index contributed by atoms with van der Waals surface area (Å²) < 4.78 is 2.07. The minimum Gasteiger partial charge on any atom is -0.383 e. The molecule has 1 fully saturated rings. The van der Waals surface area contributed by atoms with Crippen LogP contribution >= 0.6 is 11.6 Å². The van der Waals surface area contributed by atoms with Crippen molar-refractivity contribution in [2.75, 3.05) is 39.0 Å². The second kappa shape index (κ2) is 9.94. The molecule has 0 amide bonds. The summed E-state index contributed by atoms with van der Waals surface area (Å²) in [4.78, 5) is 19.1. The van der Waals surface area contributed by atoms with Gasteiger partial charge in [0, 0.05) is 55.2 Å². The molecular formula is C29H28ClN7. The highest BCUT2D eigenvalue weighted by Crippen LogP contribution is 2.32. The molecule has 7 nitrogen and oxygen atoms in total. The van der Waals surface area contributed by atoms with E-state index in [0.29, 0.717) is 16.7 Å². The van der Waals surface area contributed by atoms with Crippen molar-refractivity contribution in [2.24, 2.45) is 0 Å². The summed E-state index contributed by atoms with van der Waals surface area (Å²) in [6.45, 7) is 5.33. The van der Waals surface area contributed by atoms with Crippen LogP contribution in [0, 0.1) is 0 Å². The zero-order valence-corrected chi connectivity index (χ0v) is 21.4. The molecule has 0 radical (unpaired) electrons. The van der Waals surface area contributed by atoms with Crippen LogP contribution in [0.3, 0.4) is 0 Å². The second-order valence-corrected chi connectivity index (χ2v) is 9.94. The number of nitrogen functional groups attached to an aromatic ring is 1. The van der Waals surface area contributed by atoms with Crippen molar-refractivity contribution in [1.29, 1.82) is 0 Å². The summed E-state index contributed by atoms with van der Waals surface area (Å²) in [5.41, 5.74) is 12.6. The van der Waals surface area contributed by atoms with E-state index in [0.717, 1.165) is 66.4 Å². The van der Waals surface area contributed by atoms with Crippen molar-refractivity contribution in [3.05, 3.63) is 89.6 Å². The number of nitrogens with two attached hydrogens (primary N) is 1. The molecule has 0 unspecified atom stereocenters. The van der Waals surface area contributed by atoms with Gasteiger partial charge in [0.1, 0.15) is 11.3 Å². The smallest absolute Gasteiger partial charge is 0.165 e. The Morgan fingerprint density at radius 1 is 0.892 bits per heavy atom. The lowest BCUT2D eigenvalue weighted by Gasteiger charge is -2.32. The fraction of sp³-hybridized carbons (Fsp3) is 0.207. The zero-order valence-electron chi connectivity index (χ0n) is 20.7. The first-order valence-corrected chi connectivity index (χ1v) is 12.8. The molecule has 6 rings (SSSR count). The fourth-order valence-electron chi connectivity index (χ4n) is 4.81. The lowest BCUT2D eigenvalue weighted by atomic mass is 10.1. The molecule has 2 N–H and O–H groups in total. The summed E-state index contributed by atoms with van der Waals surface area (Å²) in [7, 11) is 2.18. The Morgan fingerprint density at radius 3 is 2.46 bits per heavy atom. The number of benzene rings is 2. The molecule has 0 saturated carbocycles. The molecule has 1 aliphatic rings. The average molecular weight is 510 g/mol. The van der Waals surface area contributed by atoms with Crippen LogP contribution in [0.2, 0.25) is 5.02 Å². The molecule has 4 heterocycles. The van der Waals surface area contributed by atoms with E-state index in [1.807, 2.05) is 48.5 Å². The molecule has 186 valence electrons. The van der Waals surface area contributed by atoms with Gasteiger partial charge in [-0.15, -0.1) is 0 Å². The number of aromatic nitrogens is 4. The summed E-state index contributed by atoms with van der Waals surface area (Å²) in [5, 5.41) is 0.674. The van der Waals surface area contributed by atoms with E-state index in [4.69, 9.17) is 27.3 Å². The Labute approximate surface area is 221 Å². The molecule has 0 bridgehead atoms. The lowest BCUT2D eigenvalue weighted by molar-refractivity contribution is 0.148. The van der Waals surface area contributed by atoms with Gasteiger partial charge in [0.25, 0.3) is 0 Å². The van der Waals surface area contributed by atoms with Crippen molar-refractivity contribution < 1.29 is 0 Å². The number of hydrogen-bond acceptors (Lipinski definition) is 6. The fourth-order valence-corrected chi connectivity index (χ4v) is 5.00. The van der Waals surface area contributed by atoms with Gasteiger partial charge in [0.15, 0.2) is 11.5 Å². The van der Waals surface area contributed by atoms with Gasteiger partial charge < -0.3 is 10.6 Å². The largest absolute Gasteiger partial charge is 0.383 e. The Bertz CT molecular complexity index is 1550. The summed E-state index contributed by atoms with van der Waals surface area (Å²) in [5.74, 6) is 1.14. The Kier molecular flexibility index (Phi) is 6.34. The van der Waals surface area contributed by atoms with Gasteiger partial charge in [-0.1, -0.05) is 35.9 Å². The maximum atomic E-state index is 6.29. The predicted octanol–water partition coefficient (Wildman–Crippen LogP) is 5.13. The van der Waals surface area contributed by atoms with Crippen LogP contribution < -0.4 is 5.73 Å². The van der Waals surface area contributed by atoms with Crippen LogP contribution in [-0.4, -0.2) is 62.5 Å². The molecule has 0 atom stereocenters. The molecule has 1 aliphatic heterocycles. The van der Waals surface area contributed by atoms with Crippen LogP contribution in [0.1, 0.15) is 5.56 Å². The lowest BCUT2D eigenvalue weighted by Crippen LogP contribution is -2.43. The maximum absolute atomic E-state index is 6.29. The number of pyridine rings is 2. The van der Waals surface area contributed by atoms with Crippen molar-refractivity contribution in [3.63, 3.8) is 0 Å². The molecule has 0 spiro atoms. The van der Waals surface area contributed by atoms with Gasteiger partial charge in [0.05, 0.1) is 11.3 Å². The van der Waals surface area contributed by atoms with E-state index in [1.54, 1.807) is 6.20 Å². The van der Waals surface area contributed by atoms with Gasteiger partial charge in [-0.3, -0.25) is 9.47 Å². The highest BCUT2D eigenvalue weighted by Gasteiger charge is 2.19. The normalized spacial score (nSPS) is 14.9. The molecule has 3 aromatic heterocycles. The van der Waals surface area contributed by atoms with E-state index in [9.17, 15) is 0 Å². The number of anilines is 1. The number of piperazine rings is 1. The van der Waals surface area contributed by atoms with E-state index in [-0.39, 0.29) is 0 Å². The Balaban J connectivity index is 1.44. The standard InChI is InChI=1S/C29H28ClN7/c1-35-14-16-36(17-15-35)19-20-7-9-23(10-8-20)37-28(24-6-3-13-32-27(24)31)34-26-12-11-25(33-29(26)37)21-4-2-5-22(30)18-21/h2-13,18H,14-17,19H2,1H3,(H2,31,32). The summed E-state index contributed by atoms with van der Waals surface area (Å²) >= 11 is 6.26. The van der Waals surface area contributed by atoms with Crippen molar-refractivity contribution in [2.45, 2.75) is 6.54 Å². The number of fused-ring (bicyclic) bond motifs is 1. The van der Waals surface area contributed by atoms with E-state index >= 15 is 0 Å². The van der Waals surface area contributed by atoms with Crippen LogP contribution in [0.4, 0.5) is 5.82 Å². The molecule has 1 saturated heterocycles. The number of likely N-dealkylation sites (N-methyl/N-ethyl adjacent to an activating group) is 1. The first kappa shape index (κ1) is 23.6. The van der Waals surface area contributed by atoms with Gasteiger partial charge in [0.2, 0.25) is 0 Å². The van der Waals surface area contributed by atoms with Gasteiger partial charge in [-0.25, -0.2) is 15.0 Å². The SMILES string of the molecule is CN1CCN(Cc2ccc(-n3c(-c4cccnc4N)nc4ccc(-c5cccc(Cl)c5)nc43)cc2)CC1. The topological polar surface area (TPSA) is 76.1 Å². The third kappa shape index (κ3) is 4.81. The third-order valence-corrected chi connectivity index (χ3v) is 7.14. The molecule has 37 heavy (non-hydrogen) atoms. The zero-order chi connectivity index (χ0) is 25.4. The first-order valence-electron chi connectivity index (χ1n) is 12.4. The van der Waals surface area contributed by atoms with E-state index < -0.39 is 0 Å². The molecule has 8 heteroatoms. The number of imidazole rings is 1. The molecular weight excluding hydrogens is 482 g/mol. The third-order valence-electron chi connectivity index (χ3n) is 6.90. The van der Waals surface area contributed by atoms with Crippen LogP contribution in [0.5, 0.6) is 0 Å². The van der Waals surface area contributed by atoms with Crippen LogP contribution in [0.15, 0.2) is 79.0 Å². The quantitative estimate of drug-likeness (QED) is 0.354. The number of rotatable bonds is 5.